The van der Waals surface area contributed by atoms with Gasteiger partial charge in [-0.1, -0.05) is 20.3 Å². The van der Waals surface area contributed by atoms with Gasteiger partial charge < -0.3 is 4.90 Å². The van der Waals surface area contributed by atoms with Crippen molar-refractivity contribution in [1.29, 1.82) is 0 Å². The maximum absolute atomic E-state index is 11.9. The lowest BCUT2D eigenvalue weighted by atomic mass is 10.2. The fraction of sp³-hybridized carbons (Fsp3) is 0.917. The van der Waals surface area contributed by atoms with Gasteiger partial charge >= 0.3 is 0 Å². The molecule has 3 nitrogen and oxygen atoms in total. The van der Waals surface area contributed by atoms with Crippen molar-refractivity contribution in [2.45, 2.75) is 52.2 Å². The first-order valence-electron chi connectivity index (χ1n) is 6.20. The SMILES string of the molecule is CCCC1NC(C)C(=O)N1CC1CC1C. The molecule has 0 aromatic carbocycles. The van der Waals surface area contributed by atoms with Crippen LogP contribution < -0.4 is 5.32 Å². The van der Waals surface area contributed by atoms with Crippen LogP contribution in [0.5, 0.6) is 0 Å². The molecule has 0 aromatic rings. The van der Waals surface area contributed by atoms with Gasteiger partial charge in [0.05, 0.1) is 12.2 Å². The summed E-state index contributed by atoms with van der Waals surface area (Å²) in [6, 6.07) is 0.0237. The summed E-state index contributed by atoms with van der Waals surface area (Å²) < 4.78 is 0. The van der Waals surface area contributed by atoms with E-state index in [-0.39, 0.29) is 6.04 Å². The molecule has 4 atom stereocenters. The summed E-state index contributed by atoms with van der Waals surface area (Å²) in [6.45, 7) is 7.40. The maximum Gasteiger partial charge on any atom is 0.240 e. The van der Waals surface area contributed by atoms with E-state index in [0.717, 1.165) is 31.2 Å². The van der Waals surface area contributed by atoms with Gasteiger partial charge in [0.1, 0.15) is 0 Å². The molecule has 1 amide bonds. The van der Waals surface area contributed by atoms with Crippen LogP contribution in [0.25, 0.3) is 0 Å². The fourth-order valence-electron chi connectivity index (χ4n) is 2.49. The third-order valence-electron chi connectivity index (χ3n) is 3.74. The largest absolute Gasteiger partial charge is 0.326 e. The normalized spacial score (nSPS) is 39.9. The number of nitrogens with one attached hydrogen (secondary N) is 1. The standard InChI is InChI=1S/C12H22N2O/c1-4-5-11-13-9(3)12(15)14(11)7-10-6-8(10)2/h8-11,13H,4-7H2,1-3H3. The van der Waals surface area contributed by atoms with Crippen LogP contribution in [0.15, 0.2) is 0 Å². The predicted molar refractivity (Wildman–Crippen MR) is 60.3 cm³/mol. The molecule has 0 aromatic heterocycles. The van der Waals surface area contributed by atoms with Gasteiger partial charge in [0.2, 0.25) is 5.91 Å². The Balaban J connectivity index is 1.95. The molecule has 1 saturated carbocycles. The van der Waals surface area contributed by atoms with E-state index >= 15 is 0 Å². The Labute approximate surface area is 92.2 Å². The van der Waals surface area contributed by atoms with Crippen LogP contribution in [-0.2, 0) is 4.79 Å². The lowest BCUT2D eigenvalue weighted by molar-refractivity contribution is -0.130. The molecule has 2 rings (SSSR count). The quantitative estimate of drug-likeness (QED) is 0.764. The highest BCUT2D eigenvalue weighted by Gasteiger charge is 2.41. The lowest BCUT2D eigenvalue weighted by Crippen LogP contribution is -2.38. The Morgan fingerprint density at radius 2 is 2.13 bits per heavy atom. The third kappa shape index (κ3) is 2.17. The monoisotopic (exact) mass is 210 g/mol. The van der Waals surface area contributed by atoms with Crippen LogP contribution in [0.2, 0.25) is 0 Å². The average molecular weight is 210 g/mol. The van der Waals surface area contributed by atoms with Gasteiger partial charge in [0.25, 0.3) is 0 Å². The second-order valence-corrected chi connectivity index (χ2v) is 5.16. The summed E-state index contributed by atoms with van der Waals surface area (Å²) in [6.07, 6.45) is 3.81. The first-order valence-corrected chi connectivity index (χ1v) is 6.20. The van der Waals surface area contributed by atoms with E-state index in [9.17, 15) is 4.79 Å². The summed E-state index contributed by atoms with van der Waals surface area (Å²) in [5.74, 6) is 1.89. The van der Waals surface area contributed by atoms with E-state index in [0.29, 0.717) is 12.1 Å². The van der Waals surface area contributed by atoms with Crippen LogP contribution >= 0.6 is 0 Å². The number of hydrogen-bond acceptors (Lipinski definition) is 2. The average Bonchev–Trinajstić information content (AvgIpc) is 2.82. The van der Waals surface area contributed by atoms with Crippen molar-refractivity contribution in [1.82, 2.24) is 10.2 Å². The van der Waals surface area contributed by atoms with Gasteiger partial charge in [0.15, 0.2) is 0 Å². The van der Waals surface area contributed by atoms with Crippen LogP contribution in [0.4, 0.5) is 0 Å². The molecule has 3 heteroatoms. The molecule has 15 heavy (non-hydrogen) atoms. The molecule has 0 bridgehead atoms. The number of hydrogen-bond donors (Lipinski definition) is 1. The highest BCUT2D eigenvalue weighted by Crippen LogP contribution is 2.39. The zero-order chi connectivity index (χ0) is 11.0. The van der Waals surface area contributed by atoms with Crippen molar-refractivity contribution in [3.63, 3.8) is 0 Å². The zero-order valence-corrected chi connectivity index (χ0v) is 9.99. The van der Waals surface area contributed by atoms with Crippen molar-refractivity contribution in [2.24, 2.45) is 11.8 Å². The van der Waals surface area contributed by atoms with Gasteiger partial charge in [-0.25, -0.2) is 0 Å². The molecule has 4 unspecified atom stereocenters. The third-order valence-corrected chi connectivity index (χ3v) is 3.74. The van der Waals surface area contributed by atoms with Gasteiger partial charge in [-0.15, -0.1) is 0 Å². The molecule has 1 heterocycles. The molecule has 1 N–H and O–H groups in total. The van der Waals surface area contributed by atoms with Gasteiger partial charge in [-0.05, 0) is 31.6 Å². The molecule has 1 saturated heterocycles. The lowest BCUT2D eigenvalue weighted by Gasteiger charge is -2.23. The highest BCUT2D eigenvalue weighted by atomic mass is 16.2. The number of carbonyl (C=O) groups is 1. The molecule has 2 fully saturated rings. The minimum atomic E-state index is 0.0237. The summed E-state index contributed by atoms with van der Waals surface area (Å²) >= 11 is 0. The first kappa shape index (κ1) is 10.9. The second kappa shape index (κ2) is 4.12. The van der Waals surface area contributed by atoms with E-state index < -0.39 is 0 Å². The van der Waals surface area contributed by atoms with Crippen molar-refractivity contribution in [3.8, 4) is 0 Å². The Kier molecular flexibility index (Phi) is 3.01. The Bertz CT molecular complexity index is 254. The molecule has 0 spiro atoms. The van der Waals surface area contributed by atoms with E-state index in [1.807, 2.05) is 6.92 Å². The summed E-state index contributed by atoms with van der Waals surface area (Å²) in [7, 11) is 0. The second-order valence-electron chi connectivity index (χ2n) is 5.16. The van der Waals surface area contributed by atoms with E-state index in [2.05, 4.69) is 24.1 Å². The number of carbonyl (C=O) groups excluding carboxylic acids is 1. The summed E-state index contributed by atoms with van der Waals surface area (Å²) in [4.78, 5) is 14.0. The fourth-order valence-corrected chi connectivity index (χ4v) is 2.49. The van der Waals surface area contributed by atoms with Crippen molar-refractivity contribution in [2.75, 3.05) is 6.54 Å². The topological polar surface area (TPSA) is 32.3 Å². The zero-order valence-electron chi connectivity index (χ0n) is 9.99. The van der Waals surface area contributed by atoms with Crippen LogP contribution in [0, 0.1) is 11.8 Å². The molecular formula is C12H22N2O. The first-order chi connectivity index (χ1) is 7.13. The van der Waals surface area contributed by atoms with Crippen molar-refractivity contribution < 1.29 is 4.79 Å². The van der Waals surface area contributed by atoms with Gasteiger partial charge in [0, 0.05) is 6.54 Å². The summed E-state index contributed by atoms with van der Waals surface area (Å²) in [5, 5.41) is 3.38. The minimum absolute atomic E-state index is 0.0237. The predicted octanol–water partition coefficient (Wildman–Crippen LogP) is 1.59. The Morgan fingerprint density at radius 3 is 2.67 bits per heavy atom. The Hall–Kier alpha value is -0.570. The smallest absolute Gasteiger partial charge is 0.240 e. The summed E-state index contributed by atoms with van der Waals surface area (Å²) in [5.41, 5.74) is 0. The molecule has 2 aliphatic rings. The van der Waals surface area contributed by atoms with Gasteiger partial charge in [-0.3, -0.25) is 10.1 Å². The van der Waals surface area contributed by atoms with Crippen molar-refractivity contribution in [3.05, 3.63) is 0 Å². The molecular weight excluding hydrogens is 188 g/mol. The molecule has 1 aliphatic carbocycles. The van der Waals surface area contributed by atoms with Crippen LogP contribution in [0.1, 0.15) is 40.0 Å². The maximum atomic E-state index is 11.9. The number of rotatable bonds is 4. The van der Waals surface area contributed by atoms with Crippen LogP contribution in [0.3, 0.4) is 0 Å². The van der Waals surface area contributed by atoms with Crippen molar-refractivity contribution >= 4 is 5.91 Å². The molecule has 1 aliphatic heterocycles. The van der Waals surface area contributed by atoms with E-state index in [1.165, 1.54) is 6.42 Å². The molecule has 0 radical (unpaired) electrons. The number of amides is 1. The van der Waals surface area contributed by atoms with E-state index in [4.69, 9.17) is 0 Å². The van der Waals surface area contributed by atoms with Gasteiger partial charge in [-0.2, -0.15) is 0 Å². The minimum Gasteiger partial charge on any atom is -0.326 e. The number of nitrogens with zero attached hydrogens (tertiary/aromatic N) is 1. The van der Waals surface area contributed by atoms with E-state index in [1.54, 1.807) is 0 Å². The van der Waals surface area contributed by atoms with Crippen LogP contribution in [-0.4, -0.2) is 29.6 Å². The highest BCUT2D eigenvalue weighted by molar-refractivity contribution is 5.83. The Morgan fingerprint density at radius 1 is 1.47 bits per heavy atom. The molecule has 86 valence electrons.